The molecule has 0 aliphatic carbocycles. The standard InChI is InChI=1S/C21H24N4O2/c1-2-20(26)25-11-4-5-15-13-16(8-9-18(15)25)21(27)23-14-17-6-3-7-19-22-10-12-24(17)19/h2,8-10,12-13,17H,1,3-7,11,14H2,(H,23,27). The number of rotatable bonds is 4. The summed E-state index contributed by atoms with van der Waals surface area (Å²) in [6.45, 7) is 4.86. The minimum absolute atomic E-state index is 0.0720. The Balaban J connectivity index is 1.46. The molecule has 4 rings (SSSR count). The molecule has 0 spiro atoms. The van der Waals surface area contributed by atoms with Crippen LogP contribution in [0.25, 0.3) is 0 Å². The van der Waals surface area contributed by atoms with Crippen molar-refractivity contribution in [2.75, 3.05) is 18.0 Å². The molecule has 2 aliphatic heterocycles. The summed E-state index contributed by atoms with van der Waals surface area (Å²) in [5.74, 6) is 0.931. The molecule has 1 atom stereocenters. The Kier molecular flexibility index (Phi) is 4.79. The van der Waals surface area contributed by atoms with E-state index in [2.05, 4.69) is 21.4 Å². The molecule has 1 unspecified atom stereocenters. The molecule has 6 heteroatoms. The monoisotopic (exact) mass is 364 g/mol. The van der Waals surface area contributed by atoms with E-state index in [4.69, 9.17) is 0 Å². The maximum Gasteiger partial charge on any atom is 0.251 e. The Bertz CT molecular complexity index is 886. The van der Waals surface area contributed by atoms with Crippen molar-refractivity contribution in [2.45, 2.75) is 38.1 Å². The number of carbonyl (C=O) groups excluding carboxylic acids is 2. The highest BCUT2D eigenvalue weighted by Crippen LogP contribution is 2.28. The number of amides is 2. The molecule has 0 saturated heterocycles. The number of anilines is 1. The third-order valence-electron chi connectivity index (χ3n) is 5.48. The molecule has 0 fully saturated rings. The lowest BCUT2D eigenvalue weighted by Gasteiger charge is -2.29. The van der Waals surface area contributed by atoms with Gasteiger partial charge in [-0.05, 0) is 55.5 Å². The van der Waals surface area contributed by atoms with Crippen LogP contribution >= 0.6 is 0 Å². The topological polar surface area (TPSA) is 67.2 Å². The number of aryl methyl sites for hydroxylation is 2. The molecule has 0 radical (unpaired) electrons. The Morgan fingerprint density at radius 2 is 2.19 bits per heavy atom. The van der Waals surface area contributed by atoms with Crippen LogP contribution in [0.1, 0.15) is 47.1 Å². The molecule has 2 amide bonds. The van der Waals surface area contributed by atoms with Gasteiger partial charge in [-0.1, -0.05) is 6.58 Å². The molecule has 2 aromatic rings. The molecular formula is C21H24N4O2. The highest BCUT2D eigenvalue weighted by atomic mass is 16.2. The average molecular weight is 364 g/mol. The molecule has 0 bridgehead atoms. The van der Waals surface area contributed by atoms with Gasteiger partial charge >= 0.3 is 0 Å². The largest absolute Gasteiger partial charge is 0.350 e. The number of fused-ring (bicyclic) bond motifs is 2. The zero-order valence-corrected chi connectivity index (χ0v) is 15.4. The summed E-state index contributed by atoms with van der Waals surface area (Å²) < 4.78 is 2.18. The SMILES string of the molecule is C=CC(=O)N1CCCc2cc(C(=O)NCC3CCCc4nccn43)ccc21. The molecule has 3 heterocycles. The lowest BCUT2D eigenvalue weighted by atomic mass is 9.98. The van der Waals surface area contributed by atoms with E-state index in [1.165, 1.54) is 6.08 Å². The number of carbonyl (C=O) groups is 2. The maximum absolute atomic E-state index is 12.7. The Hall–Kier alpha value is -2.89. The molecule has 140 valence electrons. The van der Waals surface area contributed by atoms with Crippen LogP contribution in [0.3, 0.4) is 0 Å². The smallest absolute Gasteiger partial charge is 0.251 e. The van der Waals surface area contributed by atoms with Gasteiger partial charge in [0.25, 0.3) is 5.91 Å². The van der Waals surface area contributed by atoms with Crippen molar-refractivity contribution in [1.29, 1.82) is 0 Å². The number of benzene rings is 1. The summed E-state index contributed by atoms with van der Waals surface area (Å²) in [6.07, 6.45) is 10.1. The van der Waals surface area contributed by atoms with Crippen molar-refractivity contribution < 1.29 is 9.59 Å². The van der Waals surface area contributed by atoms with Gasteiger partial charge in [0.1, 0.15) is 5.82 Å². The first-order chi connectivity index (χ1) is 13.2. The lowest BCUT2D eigenvalue weighted by Crippen LogP contribution is -2.35. The van der Waals surface area contributed by atoms with E-state index < -0.39 is 0 Å². The van der Waals surface area contributed by atoms with Gasteiger partial charge in [-0.15, -0.1) is 0 Å². The second-order valence-corrected chi connectivity index (χ2v) is 7.15. The van der Waals surface area contributed by atoms with Crippen molar-refractivity contribution in [2.24, 2.45) is 0 Å². The summed E-state index contributed by atoms with van der Waals surface area (Å²) in [5.41, 5.74) is 2.57. The fraction of sp³-hybridized carbons (Fsp3) is 0.381. The van der Waals surface area contributed by atoms with Gasteiger partial charge in [-0.25, -0.2) is 4.98 Å². The summed E-state index contributed by atoms with van der Waals surface area (Å²) in [6, 6.07) is 5.85. The van der Waals surface area contributed by atoms with Crippen molar-refractivity contribution in [3.05, 3.63) is 60.2 Å². The number of aromatic nitrogens is 2. The molecule has 27 heavy (non-hydrogen) atoms. The zero-order chi connectivity index (χ0) is 18.8. The zero-order valence-electron chi connectivity index (χ0n) is 15.4. The summed E-state index contributed by atoms with van der Waals surface area (Å²) in [5, 5.41) is 3.07. The van der Waals surface area contributed by atoms with E-state index in [1.54, 1.807) is 11.0 Å². The van der Waals surface area contributed by atoms with Crippen LogP contribution in [-0.4, -0.2) is 34.5 Å². The number of hydrogen-bond acceptors (Lipinski definition) is 3. The van der Waals surface area contributed by atoms with Crippen LogP contribution in [0.5, 0.6) is 0 Å². The van der Waals surface area contributed by atoms with Crippen LogP contribution in [0.15, 0.2) is 43.2 Å². The van der Waals surface area contributed by atoms with Crippen LogP contribution in [-0.2, 0) is 17.6 Å². The fourth-order valence-electron chi connectivity index (χ4n) is 4.10. The summed E-state index contributed by atoms with van der Waals surface area (Å²) in [7, 11) is 0. The molecular weight excluding hydrogens is 340 g/mol. The molecule has 1 N–H and O–H groups in total. The minimum Gasteiger partial charge on any atom is -0.350 e. The Morgan fingerprint density at radius 1 is 1.30 bits per heavy atom. The fourth-order valence-corrected chi connectivity index (χ4v) is 4.10. The van der Waals surface area contributed by atoms with Crippen molar-refractivity contribution in [3.63, 3.8) is 0 Å². The molecule has 6 nitrogen and oxygen atoms in total. The minimum atomic E-state index is -0.0958. The van der Waals surface area contributed by atoms with Gasteiger partial charge in [-0.3, -0.25) is 9.59 Å². The molecule has 1 aromatic carbocycles. The number of nitrogens with zero attached hydrogens (tertiary/aromatic N) is 3. The van der Waals surface area contributed by atoms with Crippen LogP contribution in [0, 0.1) is 0 Å². The van der Waals surface area contributed by atoms with Gasteiger partial charge in [0, 0.05) is 43.2 Å². The first-order valence-corrected chi connectivity index (χ1v) is 9.54. The molecule has 2 aliphatic rings. The average Bonchev–Trinajstić information content (AvgIpc) is 3.20. The van der Waals surface area contributed by atoms with Gasteiger partial charge < -0.3 is 14.8 Å². The van der Waals surface area contributed by atoms with Gasteiger partial charge in [0.2, 0.25) is 5.91 Å². The van der Waals surface area contributed by atoms with Gasteiger partial charge in [0.15, 0.2) is 0 Å². The van der Waals surface area contributed by atoms with Crippen molar-refractivity contribution in [1.82, 2.24) is 14.9 Å². The normalized spacial score (nSPS) is 18.4. The second-order valence-electron chi connectivity index (χ2n) is 7.15. The van der Waals surface area contributed by atoms with E-state index in [9.17, 15) is 9.59 Å². The second kappa shape index (κ2) is 7.39. The molecule has 0 saturated carbocycles. The quantitative estimate of drug-likeness (QED) is 0.848. The first-order valence-electron chi connectivity index (χ1n) is 9.54. The van der Waals surface area contributed by atoms with E-state index in [-0.39, 0.29) is 17.9 Å². The predicted octanol–water partition coefficient (Wildman–Crippen LogP) is 2.66. The Labute approximate surface area is 158 Å². The van der Waals surface area contributed by atoms with E-state index in [1.807, 2.05) is 24.5 Å². The first kappa shape index (κ1) is 17.5. The van der Waals surface area contributed by atoms with Crippen LogP contribution < -0.4 is 10.2 Å². The third-order valence-corrected chi connectivity index (χ3v) is 5.48. The molecule has 1 aromatic heterocycles. The highest BCUT2D eigenvalue weighted by Gasteiger charge is 2.23. The third kappa shape index (κ3) is 3.39. The van der Waals surface area contributed by atoms with Crippen LogP contribution in [0.4, 0.5) is 5.69 Å². The van der Waals surface area contributed by atoms with Gasteiger partial charge in [-0.2, -0.15) is 0 Å². The summed E-state index contributed by atoms with van der Waals surface area (Å²) >= 11 is 0. The van der Waals surface area contributed by atoms with Gasteiger partial charge in [0.05, 0.1) is 6.04 Å². The number of hydrogen-bond donors (Lipinski definition) is 1. The number of imidazole rings is 1. The van der Waals surface area contributed by atoms with E-state index >= 15 is 0 Å². The lowest BCUT2D eigenvalue weighted by molar-refractivity contribution is -0.114. The maximum atomic E-state index is 12.7. The summed E-state index contributed by atoms with van der Waals surface area (Å²) in [4.78, 5) is 30.8. The van der Waals surface area contributed by atoms with Crippen molar-refractivity contribution in [3.8, 4) is 0 Å². The van der Waals surface area contributed by atoms with E-state index in [0.29, 0.717) is 18.7 Å². The number of nitrogens with one attached hydrogen (secondary N) is 1. The van der Waals surface area contributed by atoms with Crippen LogP contribution in [0.2, 0.25) is 0 Å². The highest BCUT2D eigenvalue weighted by molar-refractivity contribution is 6.02. The Morgan fingerprint density at radius 3 is 3.04 bits per heavy atom. The van der Waals surface area contributed by atoms with E-state index in [0.717, 1.165) is 49.2 Å². The van der Waals surface area contributed by atoms with Crippen molar-refractivity contribution >= 4 is 17.5 Å². The predicted molar refractivity (Wildman–Crippen MR) is 104 cm³/mol.